The van der Waals surface area contributed by atoms with E-state index >= 15 is 0 Å². The maximum Gasteiger partial charge on any atom is 0.355 e. The Morgan fingerprint density at radius 3 is 2.42 bits per heavy atom. The number of carbonyl (C=O) groups excluding carboxylic acids is 2. The van der Waals surface area contributed by atoms with Crippen LogP contribution in [0.2, 0.25) is 0 Å². The van der Waals surface area contributed by atoms with Crippen LogP contribution in [0, 0.1) is 0 Å². The van der Waals surface area contributed by atoms with Gasteiger partial charge < -0.3 is 15.0 Å². The summed E-state index contributed by atoms with van der Waals surface area (Å²) in [4.78, 5) is 25.1. The van der Waals surface area contributed by atoms with E-state index in [1.165, 1.54) is 7.11 Å². The normalized spacial score (nSPS) is 10.8. The van der Waals surface area contributed by atoms with Gasteiger partial charge in [0, 0.05) is 25.9 Å². The second kappa shape index (κ2) is 7.20. The Kier molecular flexibility index (Phi) is 5.60. The van der Waals surface area contributed by atoms with Crippen molar-refractivity contribution in [3.05, 3.63) is 47.8 Å². The van der Waals surface area contributed by atoms with Gasteiger partial charge in [-0.25, -0.2) is 4.79 Å². The lowest BCUT2D eigenvalue weighted by Crippen LogP contribution is -2.29. The molecule has 0 heterocycles. The summed E-state index contributed by atoms with van der Waals surface area (Å²) in [5.41, 5.74) is 0.848. The SMILES string of the molecule is COC(=O)/C(=C/N(C)C)NCC(=O)c1ccccc1. The van der Waals surface area contributed by atoms with Crippen molar-refractivity contribution in [3.63, 3.8) is 0 Å². The lowest BCUT2D eigenvalue weighted by atomic mass is 10.1. The zero-order valence-corrected chi connectivity index (χ0v) is 11.3. The Morgan fingerprint density at radius 2 is 1.89 bits per heavy atom. The van der Waals surface area contributed by atoms with Crippen molar-refractivity contribution < 1.29 is 14.3 Å². The van der Waals surface area contributed by atoms with Crippen molar-refractivity contribution in [3.8, 4) is 0 Å². The number of benzene rings is 1. The van der Waals surface area contributed by atoms with E-state index in [-0.39, 0.29) is 18.0 Å². The maximum absolute atomic E-state index is 11.9. The number of nitrogens with zero attached hydrogens (tertiary/aromatic N) is 1. The molecule has 0 unspecified atom stereocenters. The first kappa shape index (κ1) is 14.8. The van der Waals surface area contributed by atoms with Gasteiger partial charge in [0.1, 0.15) is 5.70 Å². The van der Waals surface area contributed by atoms with Crippen LogP contribution in [0.1, 0.15) is 10.4 Å². The number of hydrogen-bond donors (Lipinski definition) is 1. The number of methoxy groups -OCH3 is 1. The number of hydrogen-bond acceptors (Lipinski definition) is 5. The van der Waals surface area contributed by atoms with Gasteiger partial charge in [0.05, 0.1) is 13.7 Å². The van der Waals surface area contributed by atoms with Crippen LogP contribution < -0.4 is 5.32 Å². The molecule has 0 aliphatic rings. The van der Waals surface area contributed by atoms with Gasteiger partial charge in [-0.05, 0) is 0 Å². The van der Waals surface area contributed by atoms with E-state index in [1.807, 2.05) is 6.07 Å². The zero-order valence-electron chi connectivity index (χ0n) is 11.3. The minimum atomic E-state index is -0.505. The molecule has 5 heteroatoms. The highest BCUT2D eigenvalue weighted by Gasteiger charge is 2.12. The second-order valence-corrected chi connectivity index (χ2v) is 4.14. The van der Waals surface area contributed by atoms with Crippen LogP contribution in [0.25, 0.3) is 0 Å². The molecule has 1 aromatic rings. The number of carbonyl (C=O) groups is 2. The Hall–Kier alpha value is -2.30. The minimum Gasteiger partial charge on any atom is -0.464 e. The fourth-order valence-corrected chi connectivity index (χ4v) is 1.44. The predicted molar refractivity (Wildman–Crippen MR) is 72.6 cm³/mol. The molecule has 0 aliphatic carbocycles. The summed E-state index contributed by atoms with van der Waals surface area (Å²) in [6, 6.07) is 8.90. The number of ketones is 1. The fourth-order valence-electron chi connectivity index (χ4n) is 1.44. The quantitative estimate of drug-likeness (QED) is 0.471. The molecule has 1 N–H and O–H groups in total. The molecule has 0 amide bonds. The van der Waals surface area contributed by atoms with Gasteiger partial charge >= 0.3 is 5.97 Å². The summed E-state index contributed by atoms with van der Waals surface area (Å²) in [7, 11) is 4.86. The topological polar surface area (TPSA) is 58.6 Å². The molecule has 5 nitrogen and oxygen atoms in total. The number of esters is 1. The number of rotatable bonds is 6. The minimum absolute atomic E-state index is 0.0405. The van der Waals surface area contributed by atoms with E-state index in [1.54, 1.807) is 49.5 Å². The lowest BCUT2D eigenvalue weighted by Gasteiger charge is -2.12. The van der Waals surface area contributed by atoms with Gasteiger partial charge in [0.15, 0.2) is 5.78 Å². The van der Waals surface area contributed by atoms with E-state index in [2.05, 4.69) is 10.1 Å². The van der Waals surface area contributed by atoms with Crippen LogP contribution in [-0.4, -0.2) is 44.4 Å². The molecule has 0 aliphatic heterocycles. The van der Waals surface area contributed by atoms with Crippen LogP contribution in [-0.2, 0) is 9.53 Å². The maximum atomic E-state index is 11.9. The van der Waals surface area contributed by atoms with Crippen LogP contribution in [0.4, 0.5) is 0 Å². The van der Waals surface area contributed by atoms with Crippen molar-refractivity contribution in [2.75, 3.05) is 27.7 Å². The molecule has 0 radical (unpaired) electrons. The van der Waals surface area contributed by atoms with Gasteiger partial charge in [-0.2, -0.15) is 0 Å². The average molecular weight is 262 g/mol. The van der Waals surface area contributed by atoms with Gasteiger partial charge in [-0.1, -0.05) is 30.3 Å². The van der Waals surface area contributed by atoms with Crippen LogP contribution >= 0.6 is 0 Å². The van der Waals surface area contributed by atoms with Crippen molar-refractivity contribution >= 4 is 11.8 Å². The summed E-state index contributed by atoms with van der Waals surface area (Å²) in [6.45, 7) is 0.0405. The van der Waals surface area contributed by atoms with Crippen LogP contribution in [0.15, 0.2) is 42.2 Å². The molecular weight excluding hydrogens is 244 g/mol. The Bertz CT molecular complexity index is 467. The van der Waals surface area contributed by atoms with E-state index in [9.17, 15) is 9.59 Å². The highest BCUT2D eigenvalue weighted by Crippen LogP contribution is 2.00. The highest BCUT2D eigenvalue weighted by molar-refractivity contribution is 5.98. The highest BCUT2D eigenvalue weighted by atomic mass is 16.5. The van der Waals surface area contributed by atoms with Gasteiger partial charge in [0.2, 0.25) is 0 Å². The summed E-state index contributed by atoms with van der Waals surface area (Å²) < 4.78 is 4.64. The molecule has 0 fully saturated rings. The molecule has 102 valence electrons. The summed E-state index contributed by atoms with van der Waals surface area (Å²) in [6.07, 6.45) is 1.57. The van der Waals surface area contributed by atoms with E-state index < -0.39 is 5.97 Å². The fraction of sp³-hybridized carbons (Fsp3) is 0.286. The largest absolute Gasteiger partial charge is 0.464 e. The number of nitrogens with one attached hydrogen (secondary N) is 1. The van der Waals surface area contributed by atoms with Crippen molar-refractivity contribution in [2.45, 2.75) is 0 Å². The standard InChI is InChI=1S/C14H18N2O3/c1-16(2)10-12(14(18)19-3)15-9-13(17)11-7-5-4-6-8-11/h4-8,10,15H,9H2,1-3H3/b12-10-. The second-order valence-electron chi connectivity index (χ2n) is 4.14. The first-order valence-electron chi connectivity index (χ1n) is 5.83. The molecule has 0 spiro atoms. The molecule has 0 saturated carbocycles. The average Bonchev–Trinajstić information content (AvgIpc) is 2.42. The zero-order chi connectivity index (χ0) is 14.3. The van der Waals surface area contributed by atoms with Gasteiger partial charge in [-0.3, -0.25) is 4.79 Å². The summed E-state index contributed by atoms with van der Waals surface area (Å²) in [5, 5.41) is 2.80. The summed E-state index contributed by atoms with van der Waals surface area (Å²) in [5.74, 6) is -0.594. The third kappa shape index (κ3) is 4.83. The van der Waals surface area contributed by atoms with Gasteiger partial charge in [0.25, 0.3) is 0 Å². The van der Waals surface area contributed by atoms with E-state index in [0.717, 1.165) is 0 Å². The first-order chi connectivity index (χ1) is 9.04. The molecule has 19 heavy (non-hydrogen) atoms. The first-order valence-corrected chi connectivity index (χ1v) is 5.83. The third-order valence-electron chi connectivity index (χ3n) is 2.33. The van der Waals surface area contributed by atoms with Crippen molar-refractivity contribution in [1.29, 1.82) is 0 Å². The smallest absolute Gasteiger partial charge is 0.355 e. The Morgan fingerprint density at radius 1 is 1.26 bits per heavy atom. The van der Waals surface area contributed by atoms with Crippen LogP contribution in [0.3, 0.4) is 0 Å². The molecule has 0 atom stereocenters. The predicted octanol–water partition coefficient (Wildman–Crippen LogP) is 1.03. The van der Waals surface area contributed by atoms with E-state index in [4.69, 9.17) is 0 Å². The number of Topliss-reactive ketones (excluding diaryl/α,β-unsaturated/α-hetero) is 1. The van der Waals surface area contributed by atoms with Crippen molar-refractivity contribution in [2.24, 2.45) is 0 Å². The number of ether oxygens (including phenoxy) is 1. The molecule has 1 aromatic carbocycles. The van der Waals surface area contributed by atoms with Crippen molar-refractivity contribution in [1.82, 2.24) is 10.2 Å². The Balaban J connectivity index is 2.67. The molecule has 0 aromatic heterocycles. The molecular formula is C14H18N2O3. The van der Waals surface area contributed by atoms with E-state index in [0.29, 0.717) is 5.56 Å². The summed E-state index contributed by atoms with van der Waals surface area (Å²) >= 11 is 0. The monoisotopic (exact) mass is 262 g/mol. The third-order valence-corrected chi connectivity index (χ3v) is 2.33. The lowest BCUT2D eigenvalue weighted by molar-refractivity contribution is -0.136. The molecule has 0 bridgehead atoms. The molecule has 1 rings (SSSR count). The van der Waals surface area contributed by atoms with Crippen LogP contribution in [0.5, 0.6) is 0 Å². The molecule has 0 saturated heterocycles. The van der Waals surface area contributed by atoms with Gasteiger partial charge in [-0.15, -0.1) is 0 Å². The Labute approximate surface area is 112 Å².